The Labute approximate surface area is 118 Å². The van der Waals surface area contributed by atoms with E-state index in [-0.39, 0.29) is 11.7 Å². The minimum absolute atomic E-state index is 0.162. The van der Waals surface area contributed by atoms with Gasteiger partial charge in [0.2, 0.25) is 0 Å². The fourth-order valence-corrected chi connectivity index (χ4v) is 3.92. The summed E-state index contributed by atoms with van der Waals surface area (Å²) >= 11 is 0. The number of nitrogens with one attached hydrogen (secondary N) is 1. The van der Waals surface area contributed by atoms with Crippen LogP contribution in [0.15, 0.2) is 18.2 Å². The maximum Gasteiger partial charge on any atom is 0.146 e. The Hall–Kier alpha value is -1.16. The van der Waals surface area contributed by atoms with Gasteiger partial charge < -0.3 is 10.4 Å². The Balaban J connectivity index is 1.83. The van der Waals surface area contributed by atoms with E-state index < -0.39 is 17.2 Å². The number of rotatable bonds is 2. The van der Waals surface area contributed by atoms with Crippen LogP contribution in [0.4, 0.5) is 14.5 Å². The van der Waals surface area contributed by atoms with Crippen molar-refractivity contribution in [2.45, 2.75) is 56.6 Å². The summed E-state index contributed by atoms with van der Waals surface area (Å²) in [7, 11) is 0. The molecule has 0 aliphatic heterocycles. The smallest absolute Gasteiger partial charge is 0.146 e. The SMILES string of the molecule is O[C@]12CCCC[C@@H]1CCC[C@H]2Nc1cc(F)ccc1F. The molecule has 1 aromatic carbocycles. The summed E-state index contributed by atoms with van der Waals surface area (Å²) in [5.41, 5.74) is -0.607. The van der Waals surface area contributed by atoms with E-state index in [1.54, 1.807) is 0 Å². The molecule has 3 rings (SSSR count). The lowest BCUT2D eigenvalue weighted by atomic mass is 9.65. The number of aliphatic hydroxyl groups is 1. The molecule has 0 heterocycles. The molecule has 1 aromatic rings. The van der Waals surface area contributed by atoms with E-state index in [1.807, 2.05) is 0 Å². The van der Waals surface area contributed by atoms with Crippen LogP contribution in [-0.2, 0) is 0 Å². The van der Waals surface area contributed by atoms with Gasteiger partial charge in [0.1, 0.15) is 11.6 Å². The van der Waals surface area contributed by atoms with Crippen molar-refractivity contribution in [1.29, 1.82) is 0 Å². The quantitative estimate of drug-likeness (QED) is 0.863. The van der Waals surface area contributed by atoms with Gasteiger partial charge in [-0.05, 0) is 49.8 Å². The van der Waals surface area contributed by atoms with Gasteiger partial charge in [-0.15, -0.1) is 0 Å². The van der Waals surface area contributed by atoms with Crippen molar-refractivity contribution in [3.8, 4) is 0 Å². The molecule has 0 aromatic heterocycles. The average molecular weight is 281 g/mol. The summed E-state index contributed by atoms with van der Waals surface area (Å²) in [5, 5.41) is 14.1. The van der Waals surface area contributed by atoms with E-state index in [0.717, 1.165) is 57.1 Å². The zero-order valence-corrected chi connectivity index (χ0v) is 11.5. The molecule has 2 aliphatic rings. The van der Waals surface area contributed by atoms with Crippen LogP contribution in [0.3, 0.4) is 0 Å². The number of benzene rings is 1. The second-order valence-corrected chi connectivity index (χ2v) is 6.19. The first-order valence-corrected chi connectivity index (χ1v) is 7.53. The van der Waals surface area contributed by atoms with Crippen molar-refractivity contribution in [2.24, 2.45) is 5.92 Å². The third-order valence-electron chi connectivity index (χ3n) is 4.99. The van der Waals surface area contributed by atoms with E-state index in [2.05, 4.69) is 5.32 Å². The lowest BCUT2D eigenvalue weighted by Gasteiger charge is -2.49. The van der Waals surface area contributed by atoms with Crippen LogP contribution in [0.5, 0.6) is 0 Å². The minimum Gasteiger partial charge on any atom is -0.387 e. The Bertz CT molecular complexity index is 491. The summed E-state index contributed by atoms with van der Waals surface area (Å²) in [6.07, 6.45) is 6.85. The van der Waals surface area contributed by atoms with Gasteiger partial charge in [-0.1, -0.05) is 19.3 Å². The summed E-state index contributed by atoms with van der Waals surface area (Å²) in [4.78, 5) is 0. The highest BCUT2D eigenvalue weighted by Gasteiger charge is 2.47. The highest BCUT2D eigenvalue weighted by atomic mass is 19.1. The largest absolute Gasteiger partial charge is 0.387 e. The molecule has 4 heteroatoms. The van der Waals surface area contributed by atoms with Gasteiger partial charge in [-0.25, -0.2) is 8.78 Å². The van der Waals surface area contributed by atoms with Crippen LogP contribution in [-0.4, -0.2) is 16.7 Å². The maximum atomic E-state index is 13.8. The van der Waals surface area contributed by atoms with Gasteiger partial charge >= 0.3 is 0 Å². The van der Waals surface area contributed by atoms with Crippen molar-refractivity contribution < 1.29 is 13.9 Å². The summed E-state index contributed by atoms with van der Waals surface area (Å²) in [6.45, 7) is 0. The van der Waals surface area contributed by atoms with E-state index in [0.29, 0.717) is 5.92 Å². The molecule has 0 spiro atoms. The predicted octanol–water partition coefficient (Wildman–Crippen LogP) is 3.85. The molecule has 0 unspecified atom stereocenters. The minimum atomic E-state index is -0.769. The van der Waals surface area contributed by atoms with E-state index in [4.69, 9.17) is 0 Å². The Morgan fingerprint density at radius 2 is 1.90 bits per heavy atom. The molecular weight excluding hydrogens is 260 g/mol. The van der Waals surface area contributed by atoms with Crippen molar-refractivity contribution in [3.05, 3.63) is 29.8 Å². The van der Waals surface area contributed by atoms with Crippen molar-refractivity contribution in [3.63, 3.8) is 0 Å². The molecule has 2 N–H and O–H groups in total. The normalized spacial score (nSPS) is 33.5. The summed E-state index contributed by atoms with van der Waals surface area (Å²) < 4.78 is 27.0. The number of anilines is 1. The maximum absolute atomic E-state index is 13.8. The first-order valence-electron chi connectivity index (χ1n) is 7.53. The molecule has 2 nitrogen and oxygen atoms in total. The summed E-state index contributed by atoms with van der Waals surface area (Å²) in [6, 6.07) is 3.23. The standard InChI is InChI=1S/C16H21F2NO/c17-12-7-8-13(18)14(10-12)19-15-6-3-5-11-4-1-2-9-16(11,15)20/h7-8,10-11,15,19-20H,1-6,9H2/t11-,15-,16-/m1/s1. The molecule has 2 fully saturated rings. The molecule has 0 bridgehead atoms. The second kappa shape index (κ2) is 5.32. The van der Waals surface area contributed by atoms with Crippen molar-refractivity contribution >= 4 is 5.69 Å². The molecular formula is C16H21F2NO. The van der Waals surface area contributed by atoms with Gasteiger partial charge in [-0.3, -0.25) is 0 Å². The number of hydrogen-bond acceptors (Lipinski definition) is 2. The third kappa shape index (κ3) is 2.41. The van der Waals surface area contributed by atoms with E-state index in [9.17, 15) is 13.9 Å². The molecule has 110 valence electrons. The first-order chi connectivity index (χ1) is 9.59. The topological polar surface area (TPSA) is 32.3 Å². The van der Waals surface area contributed by atoms with Crippen LogP contribution in [0.25, 0.3) is 0 Å². The van der Waals surface area contributed by atoms with Crippen molar-refractivity contribution in [2.75, 3.05) is 5.32 Å². The molecule has 0 saturated heterocycles. The Kier molecular flexibility index (Phi) is 3.67. The Morgan fingerprint density at radius 3 is 2.75 bits per heavy atom. The lowest BCUT2D eigenvalue weighted by molar-refractivity contribution is -0.0835. The van der Waals surface area contributed by atoms with Gasteiger partial charge in [0, 0.05) is 0 Å². The molecule has 2 aliphatic carbocycles. The fraction of sp³-hybridized carbons (Fsp3) is 0.625. The van der Waals surface area contributed by atoms with Crippen LogP contribution in [0, 0.1) is 17.6 Å². The predicted molar refractivity (Wildman–Crippen MR) is 74.5 cm³/mol. The molecule has 0 amide bonds. The van der Waals surface area contributed by atoms with Crippen LogP contribution >= 0.6 is 0 Å². The number of hydrogen-bond donors (Lipinski definition) is 2. The first kappa shape index (κ1) is 13.8. The second-order valence-electron chi connectivity index (χ2n) is 6.19. The molecule has 0 radical (unpaired) electrons. The van der Waals surface area contributed by atoms with Gasteiger partial charge in [0.05, 0.1) is 17.3 Å². The van der Waals surface area contributed by atoms with Crippen molar-refractivity contribution in [1.82, 2.24) is 0 Å². The zero-order valence-electron chi connectivity index (χ0n) is 11.5. The molecule has 2 saturated carbocycles. The van der Waals surface area contributed by atoms with Crippen LogP contribution in [0.2, 0.25) is 0 Å². The molecule has 3 atom stereocenters. The van der Waals surface area contributed by atoms with Crippen LogP contribution < -0.4 is 5.32 Å². The molecule has 20 heavy (non-hydrogen) atoms. The van der Waals surface area contributed by atoms with E-state index >= 15 is 0 Å². The fourth-order valence-electron chi connectivity index (χ4n) is 3.92. The van der Waals surface area contributed by atoms with Gasteiger partial charge in [0.15, 0.2) is 0 Å². The van der Waals surface area contributed by atoms with Gasteiger partial charge in [0.25, 0.3) is 0 Å². The highest BCUT2D eigenvalue weighted by molar-refractivity contribution is 5.46. The number of fused-ring (bicyclic) bond motifs is 1. The average Bonchev–Trinajstić information content (AvgIpc) is 2.43. The van der Waals surface area contributed by atoms with Crippen LogP contribution in [0.1, 0.15) is 44.9 Å². The number of halogens is 2. The lowest BCUT2D eigenvalue weighted by Crippen LogP contribution is -2.56. The summed E-state index contributed by atoms with van der Waals surface area (Å²) in [5.74, 6) is -0.635. The van der Waals surface area contributed by atoms with Gasteiger partial charge in [-0.2, -0.15) is 0 Å². The zero-order chi connectivity index (χ0) is 14.2. The highest BCUT2D eigenvalue weighted by Crippen LogP contribution is 2.44. The third-order valence-corrected chi connectivity index (χ3v) is 4.99. The van der Waals surface area contributed by atoms with E-state index in [1.165, 1.54) is 6.07 Å². The Morgan fingerprint density at radius 1 is 1.10 bits per heavy atom. The monoisotopic (exact) mass is 281 g/mol.